The molecule has 8 heteroatoms. The van der Waals surface area contributed by atoms with Crippen LogP contribution in [0.15, 0.2) is 78.9 Å². The van der Waals surface area contributed by atoms with Crippen molar-refractivity contribution in [1.82, 2.24) is 14.8 Å². The number of pyridine rings is 1. The van der Waals surface area contributed by atoms with Crippen LogP contribution in [0.4, 0.5) is 13.2 Å². The maximum Gasteiger partial charge on any atom is 0.417 e. The molecule has 2 aromatic heterocycles. The van der Waals surface area contributed by atoms with Gasteiger partial charge in [0.2, 0.25) is 0 Å². The van der Waals surface area contributed by atoms with Gasteiger partial charge in [-0.2, -0.15) is 18.3 Å². The molecule has 5 aromatic rings. The lowest BCUT2D eigenvalue weighted by Crippen LogP contribution is -2.08. The summed E-state index contributed by atoms with van der Waals surface area (Å²) in [4.78, 5) is 4.61. The van der Waals surface area contributed by atoms with E-state index in [1.54, 1.807) is 49.4 Å². The molecule has 0 aliphatic heterocycles. The fraction of sp³-hybridized carbons (Fsp3) is 0.143. The van der Waals surface area contributed by atoms with Gasteiger partial charge >= 0.3 is 6.18 Å². The highest BCUT2D eigenvalue weighted by atomic mass is 35.5. The summed E-state index contributed by atoms with van der Waals surface area (Å²) < 4.78 is 49.6. The summed E-state index contributed by atoms with van der Waals surface area (Å²) in [6, 6.07) is 22.8. The summed E-state index contributed by atoms with van der Waals surface area (Å²) in [5.74, 6) is 0.606. The molecule has 0 fully saturated rings. The molecule has 2 heterocycles. The second-order valence-corrected chi connectivity index (χ2v) is 8.89. The molecule has 0 bridgehead atoms. The number of aromatic nitrogens is 3. The van der Waals surface area contributed by atoms with Gasteiger partial charge in [0.1, 0.15) is 12.4 Å². The van der Waals surface area contributed by atoms with Crippen LogP contribution in [0.3, 0.4) is 0 Å². The third-order valence-electron chi connectivity index (χ3n) is 5.92. The SMILES string of the molecule is Cc1ccc(-n2nc(C)c3c(C(F)(F)F)cc(-c4ccc(OCc5ccccc5)cc4)nc32)cc1Cl. The van der Waals surface area contributed by atoms with Crippen LogP contribution < -0.4 is 4.74 Å². The molecule has 182 valence electrons. The zero-order chi connectivity index (χ0) is 25.4. The molecule has 0 spiro atoms. The van der Waals surface area contributed by atoms with Gasteiger partial charge in [0.05, 0.1) is 28.0 Å². The van der Waals surface area contributed by atoms with Crippen molar-refractivity contribution >= 4 is 22.6 Å². The first kappa shape index (κ1) is 23.9. The van der Waals surface area contributed by atoms with E-state index in [1.165, 1.54) is 4.68 Å². The Labute approximate surface area is 210 Å². The lowest BCUT2D eigenvalue weighted by molar-refractivity contribution is -0.136. The zero-order valence-electron chi connectivity index (χ0n) is 19.5. The first-order chi connectivity index (χ1) is 17.2. The van der Waals surface area contributed by atoms with E-state index in [-0.39, 0.29) is 22.4 Å². The summed E-state index contributed by atoms with van der Waals surface area (Å²) in [7, 11) is 0. The predicted octanol–water partition coefficient (Wildman–Crippen LogP) is 7.96. The molecular weight excluding hydrogens is 487 g/mol. The van der Waals surface area contributed by atoms with E-state index in [0.717, 1.165) is 17.2 Å². The number of fused-ring (bicyclic) bond motifs is 1. The van der Waals surface area contributed by atoms with Gasteiger partial charge in [-0.15, -0.1) is 0 Å². The van der Waals surface area contributed by atoms with Crippen LogP contribution in [0.25, 0.3) is 28.0 Å². The Kier molecular flexibility index (Phi) is 6.18. The number of benzene rings is 3. The molecule has 5 rings (SSSR count). The Morgan fingerprint density at radius 2 is 1.64 bits per heavy atom. The number of alkyl halides is 3. The number of ether oxygens (including phenoxy) is 1. The zero-order valence-corrected chi connectivity index (χ0v) is 20.2. The lowest BCUT2D eigenvalue weighted by Gasteiger charge is -2.12. The van der Waals surface area contributed by atoms with Gasteiger partial charge in [-0.25, -0.2) is 9.67 Å². The molecular formula is C28H21ClF3N3O. The number of nitrogens with zero attached hydrogens (tertiary/aromatic N) is 3. The first-order valence-corrected chi connectivity index (χ1v) is 11.6. The summed E-state index contributed by atoms with van der Waals surface area (Å²) in [6.07, 6.45) is -4.59. The largest absolute Gasteiger partial charge is 0.489 e. The Hall–Kier alpha value is -3.84. The summed E-state index contributed by atoms with van der Waals surface area (Å²) in [5.41, 5.74) is 2.68. The number of rotatable bonds is 5. The van der Waals surface area contributed by atoms with Gasteiger partial charge in [0.25, 0.3) is 0 Å². The van der Waals surface area contributed by atoms with Crippen molar-refractivity contribution in [2.75, 3.05) is 0 Å². The fourth-order valence-electron chi connectivity index (χ4n) is 4.02. The van der Waals surface area contributed by atoms with Crippen molar-refractivity contribution in [3.05, 3.63) is 106 Å². The highest BCUT2D eigenvalue weighted by Gasteiger charge is 2.36. The van der Waals surface area contributed by atoms with Crippen LogP contribution in [0.5, 0.6) is 5.75 Å². The maximum absolute atomic E-state index is 14.1. The number of aryl methyl sites for hydroxylation is 2. The van der Waals surface area contributed by atoms with Crippen molar-refractivity contribution < 1.29 is 17.9 Å². The number of halogens is 4. The lowest BCUT2D eigenvalue weighted by atomic mass is 10.0. The second-order valence-electron chi connectivity index (χ2n) is 8.48. The smallest absolute Gasteiger partial charge is 0.417 e. The molecule has 0 radical (unpaired) electrons. The van der Waals surface area contributed by atoms with Crippen LogP contribution in [0.1, 0.15) is 22.4 Å². The van der Waals surface area contributed by atoms with Gasteiger partial charge in [0, 0.05) is 10.6 Å². The summed E-state index contributed by atoms with van der Waals surface area (Å²) >= 11 is 6.28. The third kappa shape index (κ3) is 4.66. The Morgan fingerprint density at radius 1 is 0.917 bits per heavy atom. The average Bonchev–Trinajstić information content (AvgIpc) is 3.20. The number of hydrogen-bond acceptors (Lipinski definition) is 3. The molecule has 0 N–H and O–H groups in total. The van der Waals surface area contributed by atoms with Crippen LogP contribution in [0.2, 0.25) is 5.02 Å². The Morgan fingerprint density at radius 3 is 2.31 bits per heavy atom. The summed E-state index contributed by atoms with van der Waals surface area (Å²) in [5, 5.41) is 4.84. The molecule has 0 amide bonds. The monoisotopic (exact) mass is 507 g/mol. The Bertz CT molecular complexity index is 1550. The topological polar surface area (TPSA) is 39.9 Å². The predicted molar refractivity (Wildman–Crippen MR) is 135 cm³/mol. The van der Waals surface area contributed by atoms with Gasteiger partial charge < -0.3 is 4.74 Å². The highest BCUT2D eigenvalue weighted by Crippen LogP contribution is 2.39. The van der Waals surface area contributed by atoms with Crippen LogP contribution in [-0.2, 0) is 12.8 Å². The van der Waals surface area contributed by atoms with E-state index in [2.05, 4.69) is 10.1 Å². The van der Waals surface area contributed by atoms with Gasteiger partial charge in [0.15, 0.2) is 5.65 Å². The van der Waals surface area contributed by atoms with Gasteiger partial charge in [-0.1, -0.05) is 48.0 Å². The van der Waals surface area contributed by atoms with Crippen molar-refractivity contribution in [2.24, 2.45) is 0 Å². The minimum atomic E-state index is -4.59. The summed E-state index contributed by atoms with van der Waals surface area (Å²) in [6.45, 7) is 3.79. The van der Waals surface area contributed by atoms with Crippen molar-refractivity contribution in [3.8, 4) is 22.7 Å². The van der Waals surface area contributed by atoms with E-state index in [1.807, 2.05) is 37.3 Å². The minimum Gasteiger partial charge on any atom is -0.489 e. The van der Waals surface area contributed by atoms with Gasteiger partial charge in [-0.05, 0) is 67.4 Å². The Balaban J connectivity index is 1.57. The average molecular weight is 508 g/mol. The van der Waals surface area contributed by atoms with Gasteiger partial charge in [-0.3, -0.25) is 0 Å². The van der Waals surface area contributed by atoms with E-state index < -0.39 is 11.7 Å². The third-order valence-corrected chi connectivity index (χ3v) is 6.32. The van der Waals surface area contributed by atoms with Crippen molar-refractivity contribution in [2.45, 2.75) is 26.6 Å². The molecule has 36 heavy (non-hydrogen) atoms. The van der Waals surface area contributed by atoms with Crippen LogP contribution >= 0.6 is 11.6 Å². The molecule has 0 atom stereocenters. The van der Waals surface area contributed by atoms with Crippen molar-refractivity contribution in [3.63, 3.8) is 0 Å². The second kappa shape index (κ2) is 9.32. The molecule has 4 nitrogen and oxygen atoms in total. The van der Waals surface area contributed by atoms with Crippen LogP contribution in [0, 0.1) is 13.8 Å². The van der Waals surface area contributed by atoms with E-state index >= 15 is 0 Å². The van der Waals surface area contributed by atoms with E-state index in [0.29, 0.717) is 28.6 Å². The molecule has 3 aromatic carbocycles. The van der Waals surface area contributed by atoms with Crippen molar-refractivity contribution in [1.29, 1.82) is 0 Å². The molecule has 0 unspecified atom stereocenters. The quantitative estimate of drug-likeness (QED) is 0.242. The molecule has 0 saturated heterocycles. The van der Waals surface area contributed by atoms with E-state index in [4.69, 9.17) is 16.3 Å². The molecule has 0 saturated carbocycles. The van der Waals surface area contributed by atoms with Crippen LogP contribution in [-0.4, -0.2) is 14.8 Å². The fourth-order valence-corrected chi connectivity index (χ4v) is 4.19. The minimum absolute atomic E-state index is 0.0363. The standard InChI is InChI=1S/C28H21ClF3N3O/c1-17-8-11-21(14-24(17)29)35-27-26(18(2)34-35)23(28(30,31)32)15-25(33-27)20-9-12-22(13-10-20)36-16-19-6-4-3-5-7-19/h3-15H,16H2,1-2H3. The molecule has 0 aliphatic rings. The number of hydrogen-bond donors (Lipinski definition) is 0. The first-order valence-electron chi connectivity index (χ1n) is 11.2. The molecule has 0 aliphatic carbocycles. The maximum atomic E-state index is 14.1. The normalized spacial score (nSPS) is 11.7. The highest BCUT2D eigenvalue weighted by molar-refractivity contribution is 6.31. The van der Waals surface area contributed by atoms with E-state index in [9.17, 15) is 13.2 Å².